The molecule has 2 saturated heterocycles. The van der Waals surface area contributed by atoms with Gasteiger partial charge in [0.15, 0.2) is 0 Å². The van der Waals surface area contributed by atoms with Crippen molar-refractivity contribution < 1.29 is 24.2 Å². The van der Waals surface area contributed by atoms with Crippen molar-refractivity contribution >= 4 is 11.9 Å². The summed E-state index contributed by atoms with van der Waals surface area (Å²) >= 11 is 0. The lowest BCUT2D eigenvalue weighted by atomic mass is 9.54. The SMILES string of the molecule is CCOC1CC(NC(=O)C2CC3CCC2O3)(C(=O)O)C1(C)C. The van der Waals surface area contributed by atoms with Gasteiger partial charge in [0.05, 0.1) is 24.2 Å². The lowest BCUT2D eigenvalue weighted by Crippen LogP contribution is -2.76. The second kappa shape index (κ2) is 5.20. The predicted octanol–water partition coefficient (Wildman–Crippen LogP) is 1.33. The molecule has 2 bridgehead atoms. The molecule has 5 atom stereocenters. The van der Waals surface area contributed by atoms with Crippen molar-refractivity contribution in [2.24, 2.45) is 11.3 Å². The smallest absolute Gasteiger partial charge is 0.330 e. The van der Waals surface area contributed by atoms with Gasteiger partial charge in [-0.1, -0.05) is 13.8 Å². The van der Waals surface area contributed by atoms with Crippen LogP contribution in [-0.4, -0.2) is 47.4 Å². The monoisotopic (exact) mass is 311 g/mol. The molecule has 6 heteroatoms. The molecule has 2 N–H and O–H groups in total. The van der Waals surface area contributed by atoms with Crippen LogP contribution in [-0.2, 0) is 19.1 Å². The number of carbonyl (C=O) groups excluding carboxylic acids is 1. The van der Waals surface area contributed by atoms with E-state index in [9.17, 15) is 14.7 Å². The molecule has 0 aromatic rings. The Hall–Kier alpha value is -1.14. The van der Waals surface area contributed by atoms with Crippen LogP contribution in [0, 0.1) is 11.3 Å². The van der Waals surface area contributed by atoms with Crippen molar-refractivity contribution in [3.8, 4) is 0 Å². The number of carboxylic acids is 1. The van der Waals surface area contributed by atoms with Crippen LogP contribution in [0.5, 0.6) is 0 Å². The van der Waals surface area contributed by atoms with Crippen molar-refractivity contribution in [1.82, 2.24) is 5.32 Å². The van der Waals surface area contributed by atoms with E-state index in [0.29, 0.717) is 19.4 Å². The molecule has 3 fully saturated rings. The van der Waals surface area contributed by atoms with Crippen molar-refractivity contribution in [3.63, 3.8) is 0 Å². The lowest BCUT2D eigenvalue weighted by Gasteiger charge is -2.58. The Morgan fingerprint density at radius 3 is 2.55 bits per heavy atom. The zero-order valence-corrected chi connectivity index (χ0v) is 13.4. The van der Waals surface area contributed by atoms with Crippen LogP contribution in [0.2, 0.25) is 0 Å². The fourth-order valence-electron chi connectivity index (χ4n) is 4.25. The number of fused-ring (bicyclic) bond motifs is 2. The summed E-state index contributed by atoms with van der Waals surface area (Å²) in [5.41, 5.74) is -1.88. The molecule has 3 rings (SSSR count). The van der Waals surface area contributed by atoms with Gasteiger partial charge < -0.3 is 19.9 Å². The Morgan fingerprint density at radius 2 is 2.09 bits per heavy atom. The number of carboxylic acid groups (broad SMARTS) is 1. The molecule has 6 nitrogen and oxygen atoms in total. The summed E-state index contributed by atoms with van der Waals surface area (Å²) in [6, 6.07) is 0. The van der Waals surface area contributed by atoms with Gasteiger partial charge in [-0.2, -0.15) is 0 Å². The zero-order chi connectivity index (χ0) is 16.1. The van der Waals surface area contributed by atoms with Gasteiger partial charge in [-0.05, 0) is 26.2 Å². The maximum atomic E-state index is 12.6. The minimum Gasteiger partial charge on any atom is -0.479 e. The fraction of sp³-hybridized carbons (Fsp3) is 0.875. The first-order valence-corrected chi connectivity index (χ1v) is 8.14. The van der Waals surface area contributed by atoms with Gasteiger partial charge in [0.1, 0.15) is 5.54 Å². The van der Waals surface area contributed by atoms with Crippen LogP contribution in [0.15, 0.2) is 0 Å². The molecule has 1 saturated carbocycles. The summed E-state index contributed by atoms with van der Waals surface area (Å²) in [4.78, 5) is 24.5. The molecular weight excluding hydrogens is 286 g/mol. The Kier molecular flexibility index (Phi) is 3.72. The Balaban J connectivity index is 1.73. The Morgan fingerprint density at radius 1 is 1.36 bits per heavy atom. The van der Waals surface area contributed by atoms with Gasteiger partial charge in [-0.3, -0.25) is 4.79 Å². The topological polar surface area (TPSA) is 84.9 Å². The van der Waals surface area contributed by atoms with E-state index in [0.717, 1.165) is 12.8 Å². The van der Waals surface area contributed by atoms with E-state index in [1.54, 1.807) is 0 Å². The fourth-order valence-corrected chi connectivity index (χ4v) is 4.25. The highest BCUT2D eigenvalue weighted by Gasteiger charge is 2.67. The molecule has 0 radical (unpaired) electrons. The number of rotatable bonds is 5. The van der Waals surface area contributed by atoms with Gasteiger partial charge in [0.2, 0.25) is 5.91 Å². The van der Waals surface area contributed by atoms with Crippen molar-refractivity contribution in [3.05, 3.63) is 0 Å². The number of carbonyl (C=O) groups is 2. The van der Waals surface area contributed by atoms with E-state index in [1.165, 1.54) is 0 Å². The van der Waals surface area contributed by atoms with E-state index in [2.05, 4.69) is 5.32 Å². The average molecular weight is 311 g/mol. The molecule has 1 amide bonds. The quantitative estimate of drug-likeness (QED) is 0.800. The minimum absolute atomic E-state index is 0.0401. The van der Waals surface area contributed by atoms with Crippen molar-refractivity contribution in [2.75, 3.05) is 6.61 Å². The number of hydrogen-bond acceptors (Lipinski definition) is 4. The second-order valence-corrected chi connectivity index (χ2v) is 7.29. The average Bonchev–Trinajstić information content (AvgIpc) is 3.08. The van der Waals surface area contributed by atoms with Crippen LogP contribution in [0.1, 0.15) is 46.5 Å². The summed E-state index contributed by atoms with van der Waals surface area (Å²) < 4.78 is 11.3. The first kappa shape index (κ1) is 15.7. The van der Waals surface area contributed by atoms with Crippen LogP contribution in [0.25, 0.3) is 0 Å². The molecule has 5 unspecified atom stereocenters. The number of hydrogen-bond donors (Lipinski definition) is 2. The van der Waals surface area contributed by atoms with Crippen molar-refractivity contribution in [1.29, 1.82) is 0 Å². The molecule has 0 aromatic carbocycles. The summed E-state index contributed by atoms with van der Waals surface area (Å²) in [6.45, 7) is 6.13. The number of nitrogens with one attached hydrogen (secondary N) is 1. The van der Waals surface area contributed by atoms with Crippen molar-refractivity contribution in [2.45, 2.75) is 70.3 Å². The standard InChI is InChI=1S/C16H25NO5/c1-4-21-12-8-16(14(19)20,15(12,2)3)17-13(18)10-7-9-5-6-11(10)22-9/h9-12H,4-8H2,1-3H3,(H,17,18)(H,19,20). The van der Waals surface area contributed by atoms with E-state index < -0.39 is 16.9 Å². The van der Waals surface area contributed by atoms with Crippen LogP contribution >= 0.6 is 0 Å². The molecule has 124 valence electrons. The number of ether oxygens (including phenoxy) is 2. The van der Waals surface area contributed by atoms with E-state index in [-0.39, 0.29) is 30.1 Å². The highest BCUT2D eigenvalue weighted by molar-refractivity contribution is 5.90. The highest BCUT2D eigenvalue weighted by atomic mass is 16.5. The predicted molar refractivity (Wildman–Crippen MR) is 78.3 cm³/mol. The molecule has 1 aliphatic carbocycles. The van der Waals surface area contributed by atoms with Crippen LogP contribution < -0.4 is 5.32 Å². The third-order valence-electron chi connectivity index (χ3n) is 5.91. The molecule has 2 heterocycles. The third-order valence-corrected chi connectivity index (χ3v) is 5.91. The molecule has 22 heavy (non-hydrogen) atoms. The van der Waals surface area contributed by atoms with Gasteiger partial charge >= 0.3 is 5.97 Å². The Bertz CT molecular complexity index is 491. The number of aliphatic carboxylic acids is 1. The molecule has 0 aromatic heterocycles. The first-order chi connectivity index (χ1) is 10.3. The summed E-state index contributed by atoms with van der Waals surface area (Å²) in [6.07, 6.45) is 2.92. The van der Waals surface area contributed by atoms with Gasteiger partial charge in [-0.25, -0.2) is 4.79 Å². The van der Waals surface area contributed by atoms with Gasteiger partial charge in [0.25, 0.3) is 0 Å². The van der Waals surface area contributed by atoms with E-state index in [4.69, 9.17) is 9.47 Å². The lowest BCUT2D eigenvalue weighted by molar-refractivity contribution is -0.195. The molecule has 3 aliphatic rings. The summed E-state index contributed by atoms with van der Waals surface area (Å²) in [5, 5.41) is 12.6. The molecular formula is C16H25NO5. The Labute approximate surface area is 130 Å². The van der Waals surface area contributed by atoms with Crippen LogP contribution in [0.4, 0.5) is 0 Å². The second-order valence-electron chi connectivity index (χ2n) is 7.29. The minimum atomic E-state index is -1.24. The van der Waals surface area contributed by atoms with E-state index in [1.807, 2.05) is 20.8 Å². The highest BCUT2D eigenvalue weighted by Crippen LogP contribution is 2.52. The normalized spacial score (nSPS) is 42.0. The maximum Gasteiger partial charge on any atom is 0.330 e. The zero-order valence-electron chi connectivity index (χ0n) is 13.4. The number of amides is 1. The summed E-state index contributed by atoms with van der Waals surface area (Å²) in [7, 11) is 0. The summed E-state index contributed by atoms with van der Waals surface area (Å²) in [5.74, 6) is -1.37. The van der Waals surface area contributed by atoms with Gasteiger partial charge in [0, 0.05) is 18.4 Å². The molecule has 0 spiro atoms. The first-order valence-electron chi connectivity index (χ1n) is 8.14. The maximum absolute atomic E-state index is 12.6. The molecule has 2 aliphatic heterocycles. The van der Waals surface area contributed by atoms with E-state index >= 15 is 0 Å². The largest absolute Gasteiger partial charge is 0.479 e. The van der Waals surface area contributed by atoms with Gasteiger partial charge in [-0.15, -0.1) is 0 Å². The van der Waals surface area contributed by atoms with Crippen LogP contribution in [0.3, 0.4) is 0 Å². The third kappa shape index (κ3) is 2.07.